The van der Waals surface area contributed by atoms with Crippen molar-refractivity contribution in [3.8, 4) is 57.5 Å². The van der Waals surface area contributed by atoms with E-state index in [2.05, 4.69) is 15.5 Å². The first-order valence-electron chi connectivity index (χ1n) is 34.1. The molecule has 3 heterocycles. The number of esters is 1. The molecule has 3 fully saturated rings. The van der Waals surface area contributed by atoms with Crippen LogP contribution in [0.5, 0.6) is 57.5 Å². The average molecular weight is 1360 g/mol. The smallest absolute Gasteiger partial charge is 0.329 e. The van der Waals surface area contributed by atoms with Gasteiger partial charge in [-0.3, -0.25) is 28.9 Å². The molecule has 0 bridgehead atoms. The zero-order chi connectivity index (χ0) is 70.1. The molecular weight excluding hydrogens is 1260 g/mol. The summed E-state index contributed by atoms with van der Waals surface area (Å²) >= 11 is 0. The molecule has 0 radical (unpaired) electrons. The maximum Gasteiger partial charge on any atom is 0.329 e. The van der Waals surface area contributed by atoms with Crippen LogP contribution in [0.3, 0.4) is 0 Å². The van der Waals surface area contributed by atoms with Gasteiger partial charge in [0.05, 0.1) is 88.0 Å². The summed E-state index contributed by atoms with van der Waals surface area (Å²) in [6.45, 7) is 7.90. The fraction of sp³-hybridized carbons (Fsp3) is 0.520. The molecule has 0 aromatic heterocycles. The second-order valence-electron chi connectivity index (χ2n) is 24.6. The molecule has 8 rings (SSSR count). The van der Waals surface area contributed by atoms with Crippen LogP contribution in [-0.2, 0) is 44.7 Å². The Balaban J connectivity index is 0.863. The summed E-state index contributed by atoms with van der Waals surface area (Å²) in [6.07, 6.45) is 5.92. The molecule has 5 aromatic rings. The van der Waals surface area contributed by atoms with Crippen LogP contribution in [0.1, 0.15) is 136 Å². The van der Waals surface area contributed by atoms with E-state index in [-0.39, 0.29) is 56.2 Å². The maximum absolute atomic E-state index is 14.7. The van der Waals surface area contributed by atoms with Gasteiger partial charge in [-0.2, -0.15) is 0 Å². The Labute approximate surface area is 576 Å². The minimum Gasteiger partial charge on any atom is -0.493 e. The molecule has 23 heteroatoms. The van der Waals surface area contributed by atoms with Crippen LogP contribution in [0, 0.1) is 0 Å². The van der Waals surface area contributed by atoms with Crippen LogP contribution >= 0.6 is 0 Å². The summed E-state index contributed by atoms with van der Waals surface area (Å²) < 4.78 is 68.8. The number of nitrogens with zero attached hydrogens (tertiary/aromatic N) is 3. The molecule has 0 unspecified atom stereocenters. The molecule has 0 aliphatic carbocycles. The van der Waals surface area contributed by atoms with Gasteiger partial charge in [-0.1, -0.05) is 44.2 Å². The second kappa shape index (κ2) is 37.7. The van der Waals surface area contributed by atoms with Crippen LogP contribution in [-0.4, -0.2) is 191 Å². The zero-order valence-corrected chi connectivity index (χ0v) is 58.6. The number of methoxy groups -OCH3 is 8. The normalized spacial score (nSPS) is 16.8. The number of ether oxygens (including phenoxy) is 12. The molecule has 0 saturated carbocycles. The fourth-order valence-corrected chi connectivity index (χ4v) is 13.3. The molecular formula is C75H99N5O18. The Kier molecular flexibility index (Phi) is 28.8. The van der Waals surface area contributed by atoms with Crippen LogP contribution in [0.2, 0.25) is 0 Å². The van der Waals surface area contributed by atoms with Gasteiger partial charge in [-0.25, -0.2) is 4.79 Å². The summed E-state index contributed by atoms with van der Waals surface area (Å²) in [5.74, 6) is 1.48. The van der Waals surface area contributed by atoms with Crippen molar-refractivity contribution in [3.63, 3.8) is 0 Å². The highest BCUT2D eigenvalue weighted by molar-refractivity contribution is 5.93. The number of carbonyl (C=O) groups is 6. The molecule has 5 aromatic carbocycles. The van der Waals surface area contributed by atoms with Crippen molar-refractivity contribution in [2.75, 3.05) is 129 Å². The predicted octanol–water partition coefficient (Wildman–Crippen LogP) is 9.58. The number of rotatable bonds is 36. The molecule has 3 aliphatic heterocycles. The van der Waals surface area contributed by atoms with Gasteiger partial charge in [-0.05, 0) is 172 Å². The van der Waals surface area contributed by atoms with E-state index in [1.807, 2.05) is 68.4 Å². The van der Waals surface area contributed by atoms with E-state index in [1.165, 1.54) is 28.4 Å². The van der Waals surface area contributed by atoms with Gasteiger partial charge in [0.25, 0.3) is 11.8 Å². The lowest BCUT2D eigenvalue weighted by molar-refractivity contribution is -0.162. The van der Waals surface area contributed by atoms with E-state index >= 15 is 0 Å². The van der Waals surface area contributed by atoms with Gasteiger partial charge in [0, 0.05) is 45.7 Å². The summed E-state index contributed by atoms with van der Waals surface area (Å²) in [5.41, 5.74) is 3.81. The van der Waals surface area contributed by atoms with Gasteiger partial charge >= 0.3 is 5.97 Å². The summed E-state index contributed by atoms with van der Waals surface area (Å²) in [5, 5.41) is 5.59. The Morgan fingerprint density at radius 1 is 0.510 bits per heavy atom. The van der Waals surface area contributed by atoms with Crippen LogP contribution in [0.4, 0.5) is 0 Å². The van der Waals surface area contributed by atoms with Gasteiger partial charge in [-0.15, -0.1) is 0 Å². The molecule has 4 amide bonds. The highest BCUT2D eigenvalue weighted by atomic mass is 16.6. The Hall–Kier alpha value is -8.96. The van der Waals surface area contributed by atoms with E-state index in [4.69, 9.17) is 56.8 Å². The van der Waals surface area contributed by atoms with E-state index < -0.39 is 47.8 Å². The number of piperidine rings is 2. The molecule has 23 nitrogen and oxygen atoms in total. The lowest BCUT2D eigenvalue weighted by atomic mass is 9.85. The van der Waals surface area contributed by atoms with E-state index in [9.17, 15) is 28.8 Å². The molecule has 3 aliphatic rings. The molecule has 0 spiro atoms. The van der Waals surface area contributed by atoms with Crippen LogP contribution in [0.25, 0.3) is 0 Å². The quantitative estimate of drug-likeness (QED) is 0.0280. The summed E-state index contributed by atoms with van der Waals surface area (Å²) in [6, 6.07) is 25.9. The summed E-state index contributed by atoms with van der Waals surface area (Å²) in [4.78, 5) is 90.8. The maximum atomic E-state index is 14.7. The van der Waals surface area contributed by atoms with Crippen molar-refractivity contribution >= 4 is 35.4 Å². The third-order valence-electron chi connectivity index (χ3n) is 18.6. The lowest BCUT2D eigenvalue weighted by Gasteiger charge is -2.38. The monoisotopic (exact) mass is 1360 g/mol. The predicted molar refractivity (Wildman–Crippen MR) is 368 cm³/mol. The van der Waals surface area contributed by atoms with Crippen molar-refractivity contribution in [1.29, 1.82) is 0 Å². The Bertz CT molecular complexity index is 3420. The van der Waals surface area contributed by atoms with Crippen molar-refractivity contribution < 1.29 is 85.6 Å². The molecule has 532 valence electrons. The average Bonchev–Trinajstić information content (AvgIpc) is 0.825. The first-order chi connectivity index (χ1) is 47.6. The molecule has 98 heavy (non-hydrogen) atoms. The highest BCUT2D eigenvalue weighted by Gasteiger charge is 2.40. The minimum absolute atomic E-state index is 0.00240. The number of hydrogen-bond acceptors (Lipinski definition) is 19. The molecule has 2 N–H and O–H groups in total. The van der Waals surface area contributed by atoms with Crippen molar-refractivity contribution in [3.05, 3.63) is 119 Å². The first-order valence-corrected chi connectivity index (χ1v) is 34.1. The third-order valence-corrected chi connectivity index (χ3v) is 18.6. The standard InChI is InChI=1S/C75H99N5O18/c1-11-57(53-43-65(89-5)71(93-9)66(44-53)90-6)73(84)79-32-15-13-23-59(79)61(81)42-51(29-34-78-35-37-95-38-36-78)50-19-17-21-55(40-50)96-47-69(82)76-30-31-77-70(83)48-97-56-22-18-20-52(41-56)62(27-25-49-26-28-63(87-3)64(39-49)88-4)98-75(86)60-24-14-16-33-80(60)74(85)58(12-2)54-45-67(91-7)72(94-10)68(46-54)92-8/h17-22,26,28,39-41,43-46,51,57-60,62H,11-16,23-25,27,29-38,42,47-48H2,1-10H3,(H,76,82)(H,77,83)/t51-,57-,58-,59-,60-,62+/m0/s1. The van der Waals surface area contributed by atoms with Gasteiger partial charge in [0.15, 0.2) is 53.5 Å². The minimum atomic E-state index is -0.849. The lowest BCUT2D eigenvalue weighted by Crippen LogP contribution is -2.50. The number of benzene rings is 5. The van der Waals surface area contributed by atoms with E-state index in [1.54, 1.807) is 74.6 Å². The van der Waals surface area contributed by atoms with Crippen molar-refractivity contribution in [2.45, 2.75) is 127 Å². The third kappa shape index (κ3) is 19.7. The number of ketones is 1. The summed E-state index contributed by atoms with van der Waals surface area (Å²) in [7, 11) is 12.3. The number of hydrogen-bond donors (Lipinski definition) is 2. The first kappa shape index (κ1) is 74.8. The molecule has 3 saturated heterocycles. The van der Waals surface area contributed by atoms with Crippen molar-refractivity contribution in [1.82, 2.24) is 25.3 Å². The van der Waals surface area contributed by atoms with Crippen LogP contribution in [0.15, 0.2) is 91.0 Å². The van der Waals surface area contributed by atoms with E-state index in [0.29, 0.717) is 140 Å². The second-order valence-corrected chi connectivity index (χ2v) is 24.6. The van der Waals surface area contributed by atoms with Gasteiger partial charge in [0.2, 0.25) is 23.3 Å². The van der Waals surface area contributed by atoms with Crippen LogP contribution < -0.4 is 58.0 Å². The number of nitrogens with one attached hydrogen (secondary N) is 2. The topological polar surface area (TPSA) is 247 Å². The highest BCUT2D eigenvalue weighted by Crippen LogP contribution is 2.44. The van der Waals surface area contributed by atoms with E-state index in [0.717, 1.165) is 62.0 Å². The Morgan fingerprint density at radius 3 is 1.50 bits per heavy atom. The number of likely N-dealkylation sites (tertiary alicyclic amines) is 2. The van der Waals surface area contributed by atoms with Gasteiger partial charge < -0.3 is 77.3 Å². The molecule has 6 atom stereocenters. The number of carbonyl (C=O) groups excluding carboxylic acids is 6. The zero-order valence-electron chi connectivity index (χ0n) is 58.6. The SMILES string of the molecule is CC[C@H](C(=O)N1CCCC[C@H]1C(=O)C[C@H](CCN1CCOCC1)c1cccc(OCC(=O)NCCNC(=O)COc2cccc([C@@H](CCc3ccc(OC)c(OC)c3)OC(=O)[C@@H]3CCCCN3C(=O)[C@@H](CC)c3cc(OC)c(OC)c(OC)c3)c2)c1)c1cc(OC)c(OC)c(OC)c1. The largest absolute Gasteiger partial charge is 0.493 e. The Morgan fingerprint density at radius 2 is 1.00 bits per heavy atom. The number of aryl methyl sites for hydroxylation is 1. The van der Waals surface area contributed by atoms with Crippen molar-refractivity contribution in [2.24, 2.45) is 0 Å². The number of Topliss-reactive ketones (excluding diaryl/α,β-unsaturated/α-hetero) is 1. The number of morpholine rings is 1. The fourth-order valence-electron chi connectivity index (χ4n) is 13.3. The van der Waals surface area contributed by atoms with Gasteiger partial charge in [0.1, 0.15) is 23.6 Å². The number of amides is 4.